The molecule has 7 nitrogen and oxygen atoms in total. The average molecular weight is 348 g/mol. The fraction of sp³-hybridized carbons (Fsp3) is 0.625. The summed E-state index contributed by atoms with van der Waals surface area (Å²) in [6.45, 7) is 8.15. The molecular formula is C16H24N6OS. The monoisotopic (exact) mass is 348 g/mol. The maximum atomic E-state index is 11.6. The first-order chi connectivity index (χ1) is 11.7. The van der Waals surface area contributed by atoms with E-state index in [9.17, 15) is 4.79 Å². The van der Waals surface area contributed by atoms with E-state index in [4.69, 9.17) is 0 Å². The number of hydrogen-bond acceptors (Lipinski definition) is 6. The molecule has 3 heterocycles. The summed E-state index contributed by atoms with van der Waals surface area (Å²) in [4.78, 5) is 24.5. The van der Waals surface area contributed by atoms with E-state index < -0.39 is 0 Å². The molecule has 8 heteroatoms. The second-order valence-corrected chi connectivity index (χ2v) is 7.08. The number of piperidine rings is 1. The highest BCUT2D eigenvalue weighted by Gasteiger charge is 2.22. The molecule has 0 N–H and O–H groups in total. The molecule has 1 aliphatic heterocycles. The van der Waals surface area contributed by atoms with Crippen LogP contribution >= 0.6 is 11.3 Å². The Kier molecular flexibility index (Phi) is 5.57. The minimum atomic E-state index is 0.0456. The Balaban J connectivity index is 1.57. The summed E-state index contributed by atoms with van der Waals surface area (Å²) in [6.07, 6.45) is 5.80. The third kappa shape index (κ3) is 4.18. The van der Waals surface area contributed by atoms with Gasteiger partial charge < -0.3 is 0 Å². The molecule has 1 saturated heterocycles. The number of thiazole rings is 1. The third-order valence-electron chi connectivity index (χ3n) is 4.37. The summed E-state index contributed by atoms with van der Waals surface area (Å²) < 4.78 is 1.92. The standard InChI is InChI=1S/C16H24N6OS/c1-3-22(13(2)23)16-19-15(10-24-16)9-20-6-4-5-14(7-20)8-21-12-17-11-18-21/h10-12,14H,3-9H2,1-2H3/t14-/m1/s1. The van der Waals surface area contributed by atoms with Crippen LogP contribution in [0.15, 0.2) is 18.0 Å². The average Bonchev–Trinajstić information content (AvgIpc) is 3.20. The van der Waals surface area contributed by atoms with Crippen molar-refractivity contribution in [1.29, 1.82) is 0 Å². The molecule has 1 aliphatic rings. The van der Waals surface area contributed by atoms with Crippen LogP contribution in [0.3, 0.4) is 0 Å². The van der Waals surface area contributed by atoms with E-state index in [0.29, 0.717) is 12.5 Å². The van der Waals surface area contributed by atoms with E-state index in [1.807, 2.05) is 11.6 Å². The van der Waals surface area contributed by atoms with Crippen molar-refractivity contribution in [2.45, 2.75) is 39.8 Å². The zero-order valence-electron chi connectivity index (χ0n) is 14.3. The molecule has 130 valence electrons. The number of amides is 1. The van der Waals surface area contributed by atoms with Gasteiger partial charge in [-0.1, -0.05) is 0 Å². The predicted molar refractivity (Wildman–Crippen MR) is 93.8 cm³/mol. The van der Waals surface area contributed by atoms with Gasteiger partial charge >= 0.3 is 0 Å². The second kappa shape index (κ2) is 7.85. The van der Waals surface area contributed by atoms with E-state index in [-0.39, 0.29) is 5.91 Å². The topological polar surface area (TPSA) is 67.2 Å². The van der Waals surface area contributed by atoms with Crippen LogP contribution in [0, 0.1) is 5.92 Å². The van der Waals surface area contributed by atoms with Crippen molar-refractivity contribution in [3.05, 3.63) is 23.7 Å². The Morgan fingerprint density at radius 1 is 1.50 bits per heavy atom. The van der Waals surface area contributed by atoms with E-state index in [2.05, 4.69) is 25.3 Å². The van der Waals surface area contributed by atoms with Crippen LogP contribution in [-0.4, -0.2) is 50.2 Å². The molecule has 0 bridgehead atoms. The van der Waals surface area contributed by atoms with Crippen molar-refractivity contribution in [3.63, 3.8) is 0 Å². The van der Waals surface area contributed by atoms with Crippen LogP contribution in [0.2, 0.25) is 0 Å². The highest BCUT2D eigenvalue weighted by molar-refractivity contribution is 7.14. The molecule has 0 aromatic carbocycles. The first kappa shape index (κ1) is 17.0. The Hall–Kier alpha value is -1.80. The molecule has 1 amide bonds. The maximum absolute atomic E-state index is 11.6. The number of likely N-dealkylation sites (tertiary alicyclic amines) is 1. The molecule has 0 radical (unpaired) electrons. The minimum absolute atomic E-state index is 0.0456. The first-order valence-electron chi connectivity index (χ1n) is 8.43. The van der Waals surface area contributed by atoms with Crippen LogP contribution in [0.25, 0.3) is 0 Å². The Morgan fingerprint density at radius 2 is 2.38 bits per heavy atom. The molecule has 1 fully saturated rings. The molecule has 3 rings (SSSR count). The van der Waals surface area contributed by atoms with Gasteiger partial charge in [0.25, 0.3) is 0 Å². The van der Waals surface area contributed by atoms with E-state index >= 15 is 0 Å². The van der Waals surface area contributed by atoms with Crippen molar-refractivity contribution in [2.75, 3.05) is 24.5 Å². The van der Waals surface area contributed by atoms with Crippen molar-refractivity contribution >= 4 is 22.4 Å². The van der Waals surface area contributed by atoms with Crippen LogP contribution in [0.4, 0.5) is 5.13 Å². The maximum Gasteiger partial charge on any atom is 0.225 e. The fourth-order valence-electron chi connectivity index (χ4n) is 3.25. The smallest absolute Gasteiger partial charge is 0.225 e. The van der Waals surface area contributed by atoms with Gasteiger partial charge in [-0.25, -0.2) is 9.97 Å². The summed E-state index contributed by atoms with van der Waals surface area (Å²) in [5, 5.41) is 7.08. The van der Waals surface area contributed by atoms with Crippen LogP contribution < -0.4 is 4.90 Å². The minimum Gasteiger partial charge on any atom is -0.297 e. The molecule has 24 heavy (non-hydrogen) atoms. The molecule has 2 aromatic rings. The van der Waals surface area contributed by atoms with Gasteiger partial charge in [-0.05, 0) is 32.2 Å². The number of carbonyl (C=O) groups is 1. The van der Waals surface area contributed by atoms with Gasteiger partial charge in [0.05, 0.1) is 5.69 Å². The lowest BCUT2D eigenvalue weighted by molar-refractivity contribution is -0.116. The highest BCUT2D eigenvalue weighted by Crippen LogP contribution is 2.24. The fourth-order valence-corrected chi connectivity index (χ4v) is 4.17. The lowest BCUT2D eigenvalue weighted by Crippen LogP contribution is -2.36. The van der Waals surface area contributed by atoms with Gasteiger partial charge in [-0.2, -0.15) is 5.10 Å². The predicted octanol–water partition coefficient (Wildman–Crippen LogP) is 2.02. The van der Waals surface area contributed by atoms with Gasteiger partial charge in [0.1, 0.15) is 12.7 Å². The van der Waals surface area contributed by atoms with Gasteiger partial charge in [0.15, 0.2) is 5.13 Å². The quantitative estimate of drug-likeness (QED) is 0.799. The number of rotatable bonds is 6. The van der Waals surface area contributed by atoms with Gasteiger partial charge in [0.2, 0.25) is 5.91 Å². The van der Waals surface area contributed by atoms with E-state index in [1.165, 1.54) is 12.8 Å². The Labute approximate surface area is 146 Å². The summed E-state index contributed by atoms with van der Waals surface area (Å²) in [7, 11) is 0. The normalized spacial score (nSPS) is 18.7. The lowest BCUT2D eigenvalue weighted by atomic mass is 9.98. The molecular weight excluding hydrogens is 324 g/mol. The van der Waals surface area contributed by atoms with Crippen molar-refractivity contribution < 1.29 is 4.79 Å². The van der Waals surface area contributed by atoms with Gasteiger partial charge in [-0.15, -0.1) is 11.3 Å². The number of nitrogens with zero attached hydrogens (tertiary/aromatic N) is 6. The first-order valence-corrected chi connectivity index (χ1v) is 9.31. The number of anilines is 1. The summed E-state index contributed by atoms with van der Waals surface area (Å²) in [5.74, 6) is 0.646. The van der Waals surface area contributed by atoms with Gasteiger partial charge in [-0.3, -0.25) is 19.3 Å². The molecule has 0 unspecified atom stereocenters. The number of hydrogen-bond donors (Lipinski definition) is 0. The largest absolute Gasteiger partial charge is 0.297 e. The highest BCUT2D eigenvalue weighted by atomic mass is 32.1. The molecule has 0 spiro atoms. The van der Waals surface area contributed by atoms with Gasteiger partial charge in [0, 0.05) is 38.5 Å². The summed E-state index contributed by atoms with van der Waals surface area (Å²) in [6, 6.07) is 0. The second-order valence-electron chi connectivity index (χ2n) is 6.25. The molecule has 0 aliphatic carbocycles. The zero-order valence-corrected chi connectivity index (χ0v) is 15.1. The van der Waals surface area contributed by atoms with E-state index in [0.717, 1.165) is 37.0 Å². The van der Waals surface area contributed by atoms with Crippen molar-refractivity contribution in [3.8, 4) is 0 Å². The number of aromatic nitrogens is 4. The summed E-state index contributed by atoms with van der Waals surface area (Å²) in [5.41, 5.74) is 1.05. The van der Waals surface area contributed by atoms with Crippen molar-refractivity contribution in [2.24, 2.45) is 5.92 Å². The zero-order chi connectivity index (χ0) is 16.9. The molecule has 0 saturated carbocycles. The van der Waals surface area contributed by atoms with Crippen LogP contribution in [0.5, 0.6) is 0 Å². The van der Waals surface area contributed by atoms with E-state index in [1.54, 1.807) is 35.8 Å². The Bertz CT molecular complexity index is 655. The number of carbonyl (C=O) groups excluding carboxylic acids is 1. The Morgan fingerprint density at radius 3 is 3.08 bits per heavy atom. The lowest BCUT2D eigenvalue weighted by Gasteiger charge is -2.32. The van der Waals surface area contributed by atoms with Crippen LogP contribution in [0.1, 0.15) is 32.4 Å². The van der Waals surface area contributed by atoms with Crippen molar-refractivity contribution in [1.82, 2.24) is 24.6 Å². The molecule has 1 atom stereocenters. The molecule has 2 aromatic heterocycles. The third-order valence-corrected chi connectivity index (χ3v) is 5.28. The SMILES string of the molecule is CCN(C(C)=O)c1nc(CN2CCC[C@@H](Cn3cncn3)C2)cs1. The summed E-state index contributed by atoms with van der Waals surface area (Å²) >= 11 is 1.55. The van der Waals surface area contributed by atoms with Crippen LogP contribution in [-0.2, 0) is 17.9 Å².